The lowest BCUT2D eigenvalue weighted by Gasteiger charge is -2.29. The van der Waals surface area contributed by atoms with E-state index in [2.05, 4.69) is 25.2 Å². The summed E-state index contributed by atoms with van der Waals surface area (Å²) < 4.78 is 9.97. The van der Waals surface area contributed by atoms with E-state index in [1.54, 1.807) is 0 Å². The van der Waals surface area contributed by atoms with E-state index in [1.165, 1.54) is 7.11 Å². The zero-order valence-corrected chi connectivity index (χ0v) is 11.9. The molecule has 0 aliphatic carbocycles. The van der Waals surface area contributed by atoms with Crippen LogP contribution in [-0.2, 0) is 19.1 Å². The minimum atomic E-state index is -0.570. The molecule has 0 aromatic heterocycles. The smallest absolute Gasteiger partial charge is 0.333 e. The molecule has 0 aliphatic rings. The summed E-state index contributed by atoms with van der Waals surface area (Å²) in [5.74, 6) is -0.991. The molecule has 0 fully saturated rings. The molecule has 104 valence electrons. The van der Waals surface area contributed by atoms with E-state index in [-0.39, 0.29) is 12.0 Å². The van der Waals surface area contributed by atoms with Gasteiger partial charge in [0, 0.05) is 5.57 Å². The number of methoxy groups -OCH3 is 1. The molecule has 4 nitrogen and oxygen atoms in total. The summed E-state index contributed by atoms with van der Waals surface area (Å²) in [6, 6.07) is 0. The number of esters is 2. The number of hydrogen-bond donors (Lipinski definition) is 0. The van der Waals surface area contributed by atoms with Crippen LogP contribution in [0.25, 0.3) is 0 Å². The molecule has 0 heterocycles. The van der Waals surface area contributed by atoms with E-state index in [0.29, 0.717) is 0 Å². The first-order valence-corrected chi connectivity index (χ1v) is 6.36. The summed E-state index contributed by atoms with van der Waals surface area (Å²) in [4.78, 5) is 22.9. The first-order valence-electron chi connectivity index (χ1n) is 6.36. The Morgan fingerprint density at radius 3 is 2.06 bits per heavy atom. The van der Waals surface area contributed by atoms with Crippen molar-refractivity contribution in [2.75, 3.05) is 7.11 Å². The summed E-state index contributed by atoms with van der Waals surface area (Å²) >= 11 is 0. The van der Waals surface area contributed by atoms with Crippen LogP contribution in [0, 0.1) is 0 Å². The Balaban J connectivity index is 4.43. The summed E-state index contributed by atoms with van der Waals surface area (Å²) in [7, 11) is 1.26. The molecular weight excluding hydrogens is 232 g/mol. The molecule has 0 radical (unpaired) electrons. The standard InChI is InChI=1S/C14H24O4/c1-6-8-14(4,9-7-2)18-12(15)10-11(3)13(16)17-5/h3,6-10H2,1-2,4-5H3. The van der Waals surface area contributed by atoms with Crippen LogP contribution in [0.3, 0.4) is 0 Å². The largest absolute Gasteiger partial charge is 0.466 e. The number of carbonyl (C=O) groups is 2. The van der Waals surface area contributed by atoms with Gasteiger partial charge in [0.15, 0.2) is 0 Å². The maximum absolute atomic E-state index is 11.7. The lowest BCUT2D eigenvalue weighted by atomic mass is 9.94. The highest BCUT2D eigenvalue weighted by atomic mass is 16.6. The minimum absolute atomic E-state index is 0.115. The molecule has 0 saturated heterocycles. The van der Waals surface area contributed by atoms with Gasteiger partial charge >= 0.3 is 11.9 Å². The highest BCUT2D eigenvalue weighted by Gasteiger charge is 2.27. The Kier molecular flexibility index (Phi) is 7.32. The Morgan fingerprint density at radius 2 is 1.67 bits per heavy atom. The van der Waals surface area contributed by atoms with Crippen LogP contribution < -0.4 is 0 Å². The molecule has 0 N–H and O–H groups in total. The summed E-state index contributed by atoms with van der Waals surface area (Å²) in [5.41, 5.74) is -0.324. The van der Waals surface area contributed by atoms with Crippen molar-refractivity contribution < 1.29 is 19.1 Å². The molecular formula is C14H24O4. The SMILES string of the molecule is C=C(CC(=O)OC(C)(CCC)CCC)C(=O)OC. The molecule has 0 rings (SSSR count). The van der Waals surface area contributed by atoms with Crippen molar-refractivity contribution in [3.05, 3.63) is 12.2 Å². The van der Waals surface area contributed by atoms with Gasteiger partial charge in [0.25, 0.3) is 0 Å². The third kappa shape index (κ3) is 5.84. The Morgan fingerprint density at radius 1 is 1.17 bits per heavy atom. The topological polar surface area (TPSA) is 52.6 Å². The van der Waals surface area contributed by atoms with Gasteiger partial charge in [0.2, 0.25) is 0 Å². The summed E-state index contributed by atoms with van der Waals surface area (Å²) in [5, 5.41) is 0. The molecule has 0 unspecified atom stereocenters. The average molecular weight is 256 g/mol. The van der Waals surface area contributed by atoms with Gasteiger partial charge in [-0.2, -0.15) is 0 Å². The second-order valence-electron chi connectivity index (χ2n) is 4.70. The second kappa shape index (κ2) is 7.90. The van der Waals surface area contributed by atoms with E-state index in [0.717, 1.165) is 25.7 Å². The van der Waals surface area contributed by atoms with Crippen molar-refractivity contribution in [1.29, 1.82) is 0 Å². The van der Waals surface area contributed by atoms with Crippen LogP contribution >= 0.6 is 0 Å². The van der Waals surface area contributed by atoms with Gasteiger partial charge in [-0.15, -0.1) is 0 Å². The summed E-state index contributed by atoms with van der Waals surface area (Å²) in [6.45, 7) is 9.54. The van der Waals surface area contributed by atoms with E-state index >= 15 is 0 Å². The average Bonchev–Trinajstić information content (AvgIpc) is 2.27. The highest BCUT2D eigenvalue weighted by molar-refractivity contribution is 5.93. The molecule has 0 aromatic carbocycles. The van der Waals surface area contributed by atoms with Crippen LogP contribution in [0.2, 0.25) is 0 Å². The fraction of sp³-hybridized carbons (Fsp3) is 0.714. The molecule has 0 saturated carbocycles. The third-order valence-electron chi connectivity index (χ3n) is 2.75. The zero-order valence-electron chi connectivity index (χ0n) is 11.9. The van der Waals surface area contributed by atoms with Crippen molar-refractivity contribution in [2.24, 2.45) is 0 Å². The molecule has 0 aliphatic heterocycles. The maximum atomic E-state index is 11.7. The fourth-order valence-corrected chi connectivity index (χ4v) is 1.99. The van der Waals surface area contributed by atoms with E-state index in [9.17, 15) is 9.59 Å². The van der Waals surface area contributed by atoms with Crippen LogP contribution in [0.5, 0.6) is 0 Å². The maximum Gasteiger partial charge on any atom is 0.333 e. The highest BCUT2D eigenvalue weighted by Crippen LogP contribution is 2.24. The lowest BCUT2D eigenvalue weighted by molar-refractivity contribution is -0.159. The van der Waals surface area contributed by atoms with Gasteiger partial charge in [0.05, 0.1) is 13.5 Å². The molecule has 18 heavy (non-hydrogen) atoms. The van der Waals surface area contributed by atoms with Crippen LogP contribution in [0.15, 0.2) is 12.2 Å². The molecule has 0 bridgehead atoms. The van der Waals surface area contributed by atoms with Crippen molar-refractivity contribution in [3.8, 4) is 0 Å². The van der Waals surface area contributed by atoms with Gasteiger partial charge in [-0.1, -0.05) is 33.3 Å². The lowest BCUT2D eigenvalue weighted by Crippen LogP contribution is -2.32. The minimum Gasteiger partial charge on any atom is -0.466 e. The molecule has 0 atom stereocenters. The molecule has 0 spiro atoms. The predicted octanol–water partition coefficient (Wildman–Crippen LogP) is 3.01. The Bertz CT molecular complexity index is 301. The van der Waals surface area contributed by atoms with Crippen molar-refractivity contribution in [2.45, 2.75) is 58.5 Å². The van der Waals surface area contributed by atoms with E-state index < -0.39 is 17.5 Å². The number of rotatable bonds is 8. The zero-order chi connectivity index (χ0) is 14.2. The molecule has 4 heteroatoms. The quantitative estimate of drug-likeness (QED) is 0.495. The van der Waals surface area contributed by atoms with Gasteiger partial charge in [-0.25, -0.2) is 4.79 Å². The van der Waals surface area contributed by atoms with Gasteiger partial charge in [-0.3, -0.25) is 4.79 Å². The normalized spacial score (nSPS) is 10.9. The molecule has 0 aromatic rings. The number of ether oxygens (including phenoxy) is 2. The Hall–Kier alpha value is -1.32. The first kappa shape index (κ1) is 16.7. The second-order valence-corrected chi connectivity index (χ2v) is 4.70. The van der Waals surface area contributed by atoms with Crippen molar-refractivity contribution in [3.63, 3.8) is 0 Å². The van der Waals surface area contributed by atoms with Gasteiger partial charge in [0.1, 0.15) is 5.60 Å². The van der Waals surface area contributed by atoms with Gasteiger partial charge < -0.3 is 9.47 Å². The third-order valence-corrected chi connectivity index (χ3v) is 2.75. The van der Waals surface area contributed by atoms with Crippen LogP contribution in [0.4, 0.5) is 0 Å². The van der Waals surface area contributed by atoms with Crippen molar-refractivity contribution >= 4 is 11.9 Å². The monoisotopic (exact) mass is 256 g/mol. The van der Waals surface area contributed by atoms with Crippen molar-refractivity contribution in [1.82, 2.24) is 0 Å². The molecule has 0 amide bonds. The Labute approximate surface area is 109 Å². The van der Waals surface area contributed by atoms with Crippen LogP contribution in [0.1, 0.15) is 52.9 Å². The number of hydrogen-bond acceptors (Lipinski definition) is 4. The summed E-state index contributed by atoms with van der Waals surface area (Å²) in [6.07, 6.45) is 3.41. The van der Waals surface area contributed by atoms with Gasteiger partial charge in [-0.05, 0) is 19.8 Å². The first-order chi connectivity index (χ1) is 8.38. The van der Waals surface area contributed by atoms with Crippen LogP contribution in [-0.4, -0.2) is 24.6 Å². The predicted molar refractivity (Wildman–Crippen MR) is 70.1 cm³/mol. The van der Waals surface area contributed by atoms with E-state index in [1.807, 2.05) is 6.92 Å². The fourth-order valence-electron chi connectivity index (χ4n) is 1.99. The van der Waals surface area contributed by atoms with E-state index in [4.69, 9.17) is 4.74 Å². The number of carbonyl (C=O) groups excluding carboxylic acids is 2.